The maximum atomic E-state index is 12.0. The monoisotopic (exact) mass is 268 g/mol. The highest BCUT2D eigenvalue weighted by Gasteiger charge is 2.34. The van der Waals surface area contributed by atoms with E-state index in [0.717, 1.165) is 12.8 Å². The molecule has 1 amide bonds. The number of hydrogen-bond donors (Lipinski definition) is 2. The Morgan fingerprint density at radius 2 is 2.28 bits per heavy atom. The molecule has 0 radical (unpaired) electrons. The second kappa shape index (κ2) is 5.35. The first kappa shape index (κ1) is 12.8. The third-order valence-electron chi connectivity index (χ3n) is 2.92. The summed E-state index contributed by atoms with van der Waals surface area (Å²) in [5, 5.41) is 11.8. The van der Waals surface area contributed by atoms with Gasteiger partial charge in [-0.15, -0.1) is 0 Å². The van der Waals surface area contributed by atoms with Crippen LogP contribution in [-0.2, 0) is 4.79 Å². The molecule has 1 unspecified atom stereocenters. The van der Waals surface area contributed by atoms with E-state index in [-0.39, 0.29) is 29.3 Å². The van der Waals surface area contributed by atoms with Crippen LogP contribution in [0.15, 0.2) is 18.5 Å². The van der Waals surface area contributed by atoms with Gasteiger partial charge in [-0.3, -0.25) is 14.6 Å². The van der Waals surface area contributed by atoms with Crippen LogP contribution in [0.3, 0.4) is 0 Å². The van der Waals surface area contributed by atoms with Crippen molar-refractivity contribution >= 4 is 23.5 Å². The molecule has 0 saturated heterocycles. The number of halogens is 1. The number of pyridine rings is 1. The molecule has 0 aliphatic heterocycles. The number of hydrogen-bond acceptors (Lipinski definition) is 3. The first-order chi connectivity index (χ1) is 8.58. The number of rotatable bonds is 5. The van der Waals surface area contributed by atoms with Gasteiger partial charge in [0.15, 0.2) is 0 Å². The van der Waals surface area contributed by atoms with E-state index in [2.05, 4.69) is 10.3 Å². The summed E-state index contributed by atoms with van der Waals surface area (Å²) in [6, 6.07) is 1.20. The van der Waals surface area contributed by atoms with Crippen molar-refractivity contribution in [2.45, 2.75) is 25.3 Å². The molecule has 1 atom stereocenters. The zero-order valence-corrected chi connectivity index (χ0v) is 10.4. The van der Waals surface area contributed by atoms with Crippen LogP contribution < -0.4 is 5.32 Å². The number of amides is 1. The Morgan fingerprint density at radius 3 is 2.83 bits per heavy atom. The molecule has 1 heterocycles. The summed E-state index contributed by atoms with van der Waals surface area (Å²) in [7, 11) is 0. The summed E-state index contributed by atoms with van der Waals surface area (Å²) in [5.41, 5.74) is 0.322. The zero-order chi connectivity index (χ0) is 13.1. The minimum Gasteiger partial charge on any atom is -0.481 e. The third kappa shape index (κ3) is 3.20. The van der Waals surface area contributed by atoms with Crippen LogP contribution in [0.2, 0.25) is 5.02 Å². The minimum absolute atomic E-state index is 0.0564. The predicted octanol–water partition coefficient (Wildman–Crippen LogP) is 1.72. The van der Waals surface area contributed by atoms with Gasteiger partial charge in [-0.25, -0.2) is 0 Å². The largest absolute Gasteiger partial charge is 0.481 e. The van der Waals surface area contributed by atoms with E-state index in [1.807, 2.05) is 0 Å². The average molecular weight is 269 g/mol. The highest BCUT2D eigenvalue weighted by molar-refractivity contribution is 6.33. The van der Waals surface area contributed by atoms with Crippen molar-refractivity contribution in [3.05, 3.63) is 29.0 Å². The second-order valence-electron chi connectivity index (χ2n) is 4.37. The molecule has 2 rings (SSSR count). The number of aliphatic carboxylic acids is 1. The van der Waals surface area contributed by atoms with Crippen molar-refractivity contribution < 1.29 is 14.7 Å². The van der Waals surface area contributed by atoms with Crippen LogP contribution in [0.1, 0.15) is 29.6 Å². The van der Waals surface area contributed by atoms with E-state index in [1.54, 1.807) is 0 Å². The SMILES string of the molecule is O=C(O)CC(NC(=O)c1ccncc1Cl)C1CC1. The van der Waals surface area contributed by atoms with Crippen LogP contribution >= 0.6 is 11.6 Å². The molecule has 96 valence electrons. The van der Waals surface area contributed by atoms with Gasteiger partial charge in [0.2, 0.25) is 0 Å². The van der Waals surface area contributed by atoms with Crippen molar-refractivity contribution in [2.75, 3.05) is 0 Å². The summed E-state index contributed by atoms with van der Waals surface area (Å²) < 4.78 is 0. The van der Waals surface area contributed by atoms with E-state index in [1.165, 1.54) is 18.5 Å². The summed E-state index contributed by atoms with van der Waals surface area (Å²) in [6.07, 6.45) is 4.73. The fourth-order valence-corrected chi connectivity index (χ4v) is 2.03. The Labute approximate surface area is 109 Å². The van der Waals surface area contributed by atoms with Gasteiger partial charge in [0.25, 0.3) is 5.91 Å². The number of carboxylic acid groups (broad SMARTS) is 1. The lowest BCUT2D eigenvalue weighted by Gasteiger charge is -2.16. The second-order valence-corrected chi connectivity index (χ2v) is 4.78. The third-order valence-corrected chi connectivity index (χ3v) is 3.22. The highest BCUT2D eigenvalue weighted by atomic mass is 35.5. The molecular formula is C12H13ClN2O3. The van der Waals surface area contributed by atoms with Crippen LogP contribution in [0.25, 0.3) is 0 Å². The molecule has 0 bridgehead atoms. The number of carbonyl (C=O) groups excluding carboxylic acids is 1. The zero-order valence-electron chi connectivity index (χ0n) is 9.60. The molecule has 5 nitrogen and oxygen atoms in total. The quantitative estimate of drug-likeness (QED) is 0.852. The maximum Gasteiger partial charge on any atom is 0.305 e. The molecule has 0 spiro atoms. The van der Waals surface area contributed by atoms with Crippen molar-refractivity contribution in [3.63, 3.8) is 0 Å². The first-order valence-electron chi connectivity index (χ1n) is 5.70. The van der Waals surface area contributed by atoms with Gasteiger partial charge in [-0.1, -0.05) is 11.6 Å². The van der Waals surface area contributed by atoms with E-state index >= 15 is 0 Å². The molecule has 1 aromatic heterocycles. The van der Waals surface area contributed by atoms with Gasteiger partial charge in [0, 0.05) is 18.4 Å². The van der Waals surface area contributed by atoms with Crippen LogP contribution in [0, 0.1) is 5.92 Å². The van der Waals surface area contributed by atoms with Crippen LogP contribution in [0.5, 0.6) is 0 Å². The molecular weight excluding hydrogens is 256 g/mol. The summed E-state index contributed by atoms with van der Waals surface area (Å²) >= 11 is 5.86. The molecule has 0 aromatic carbocycles. The number of carboxylic acids is 1. The highest BCUT2D eigenvalue weighted by Crippen LogP contribution is 2.34. The predicted molar refractivity (Wildman–Crippen MR) is 65.5 cm³/mol. The molecule has 1 fully saturated rings. The Morgan fingerprint density at radius 1 is 1.56 bits per heavy atom. The van der Waals surface area contributed by atoms with Crippen molar-refractivity contribution in [3.8, 4) is 0 Å². The van der Waals surface area contributed by atoms with Crippen molar-refractivity contribution in [2.24, 2.45) is 5.92 Å². The van der Waals surface area contributed by atoms with E-state index in [9.17, 15) is 9.59 Å². The summed E-state index contributed by atoms with van der Waals surface area (Å²) in [5.74, 6) is -0.987. The van der Waals surface area contributed by atoms with Crippen molar-refractivity contribution in [1.29, 1.82) is 0 Å². The van der Waals surface area contributed by atoms with Crippen LogP contribution in [0.4, 0.5) is 0 Å². The van der Waals surface area contributed by atoms with Crippen LogP contribution in [-0.4, -0.2) is 28.0 Å². The minimum atomic E-state index is -0.909. The van der Waals surface area contributed by atoms with Gasteiger partial charge < -0.3 is 10.4 Å². The Hall–Kier alpha value is -1.62. The topological polar surface area (TPSA) is 79.3 Å². The number of nitrogens with one attached hydrogen (secondary N) is 1. The number of carbonyl (C=O) groups is 2. The maximum absolute atomic E-state index is 12.0. The normalized spacial score (nSPS) is 16.1. The molecule has 18 heavy (non-hydrogen) atoms. The molecule has 1 saturated carbocycles. The van der Waals surface area contributed by atoms with Crippen molar-refractivity contribution in [1.82, 2.24) is 10.3 Å². The molecule has 6 heteroatoms. The molecule has 1 aliphatic rings. The van der Waals surface area contributed by atoms with Gasteiger partial charge in [-0.05, 0) is 24.8 Å². The lowest BCUT2D eigenvalue weighted by atomic mass is 10.1. The fraction of sp³-hybridized carbons (Fsp3) is 0.417. The summed E-state index contributed by atoms with van der Waals surface area (Å²) in [6.45, 7) is 0. The van der Waals surface area contributed by atoms with Gasteiger partial charge in [-0.2, -0.15) is 0 Å². The average Bonchev–Trinajstić information content (AvgIpc) is 3.11. The van der Waals surface area contributed by atoms with Gasteiger partial charge >= 0.3 is 5.97 Å². The Balaban J connectivity index is 2.05. The Kier molecular flexibility index (Phi) is 3.81. The van der Waals surface area contributed by atoms with E-state index in [4.69, 9.17) is 16.7 Å². The van der Waals surface area contributed by atoms with E-state index in [0.29, 0.717) is 5.56 Å². The number of aromatic nitrogens is 1. The van der Waals surface area contributed by atoms with Gasteiger partial charge in [0.1, 0.15) is 0 Å². The van der Waals surface area contributed by atoms with E-state index < -0.39 is 5.97 Å². The lowest BCUT2D eigenvalue weighted by Crippen LogP contribution is -2.38. The number of nitrogens with zero attached hydrogens (tertiary/aromatic N) is 1. The molecule has 2 N–H and O–H groups in total. The first-order valence-corrected chi connectivity index (χ1v) is 6.08. The molecule has 1 aromatic rings. The fourth-order valence-electron chi connectivity index (χ4n) is 1.83. The lowest BCUT2D eigenvalue weighted by molar-refractivity contribution is -0.137. The molecule has 1 aliphatic carbocycles. The standard InChI is InChI=1S/C12H13ClN2O3/c13-9-6-14-4-3-8(9)12(18)15-10(5-11(16)17)7-1-2-7/h3-4,6-7,10H,1-2,5H2,(H,15,18)(H,16,17). The smallest absolute Gasteiger partial charge is 0.305 e. The van der Waals surface area contributed by atoms with Gasteiger partial charge in [0.05, 0.1) is 17.0 Å². The Bertz CT molecular complexity index is 474. The summed E-state index contributed by atoms with van der Waals surface area (Å²) in [4.78, 5) is 26.5.